The quantitative estimate of drug-likeness (QED) is 0.398. The number of hydrogen-bond acceptors (Lipinski definition) is 4. The van der Waals surface area contributed by atoms with Crippen molar-refractivity contribution in [3.63, 3.8) is 0 Å². The third-order valence-electron chi connectivity index (χ3n) is 4.79. The van der Waals surface area contributed by atoms with E-state index in [0.717, 1.165) is 17.9 Å². The fraction of sp³-hybridized carbons (Fsp3) is 0.259. The molecular weight excluding hydrogens is 388 g/mol. The average molecular weight is 421 g/mol. The van der Waals surface area contributed by atoms with Gasteiger partial charge in [0.2, 0.25) is 0 Å². The lowest BCUT2D eigenvalue weighted by atomic mass is 9.93. The molecule has 0 radical (unpaired) electrons. The van der Waals surface area contributed by atoms with Crippen LogP contribution in [0.3, 0.4) is 0 Å². The third kappa shape index (κ3) is 5.97. The first-order valence-electron chi connectivity index (χ1n) is 10.0. The van der Waals surface area contributed by atoms with Crippen LogP contribution < -0.4 is 9.47 Å². The van der Waals surface area contributed by atoms with Crippen molar-refractivity contribution in [2.75, 3.05) is 42.7 Å². The number of ether oxygens (including phenoxy) is 4. The Labute approximate surface area is 185 Å². The Hall–Kier alpha value is -3.08. The van der Waals surface area contributed by atoms with E-state index in [4.69, 9.17) is 9.47 Å². The van der Waals surface area contributed by atoms with E-state index in [1.807, 2.05) is 0 Å². The van der Waals surface area contributed by atoms with E-state index in [2.05, 4.69) is 82.3 Å². The van der Waals surface area contributed by atoms with Gasteiger partial charge in [-0.2, -0.15) is 0 Å². The number of methoxy groups -OCH3 is 4. The SMILES string of the molecule is COC.COC.COc1ccc2ccccc2c1Cc1c(OC)ccc2ccccc12. The van der Waals surface area contributed by atoms with Gasteiger partial charge in [-0.15, -0.1) is 0 Å². The van der Waals surface area contributed by atoms with Crippen molar-refractivity contribution in [1.82, 2.24) is 0 Å². The maximum absolute atomic E-state index is 5.67. The van der Waals surface area contributed by atoms with E-state index in [9.17, 15) is 0 Å². The molecule has 4 heteroatoms. The summed E-state index contributed by atoms with van der Waals surface area (Å²) in [6, 6.07) is 25.2. The average Bonchev–Trinajstić information content (AvgIpc) is 2.80. The van der Waals surface area contributed by atoms with Crippen molar-refractivity contribution in [2.24, 2.45) is 0 Å². The summed E-state index contributed by atoms with van der Waals surface area (Å²) in [7, 11) is 9.96. The molecule has 4 aromatic rings. The van der Waals surface area contributed by atoms with E-state index >= 15 is 0 Å². The normalized spacial score (nSPS) is 10.0. The van der Waals surface area contributed by atoms with Crippen molar-refractivity contribution < 1.29 is 18.9 Å². The second kappa shape index (κ2) is 12.6. The molecule has 0 saturated carbocycles. The van der Waals surface area contributed by atoms with Crippen LogP contribution in [0, 0.1) is 0 Å². The number of fused-ring (bicyclic) bond motifs is 2. The Balaban J connectivity index is 0.000000513. The molecule has 0 fully saturated rings. The van der Waals surface area contributed by atoms with Gasteiger partial charge in [0, 0.05) is 46.0 Å². The third-order valence-corrected chi connectivity index (χ3v) is 4.79. The predicted octanol–water partition coefficient (Wildman–Crippen LogP) is 6.13. The second-order valence-corrected chi connectivity index (χ2v) is 6.93. The first-order chi connectivity index (χ1) is 15.1. The van der Waals surface area contributed by atoms with Crippen LogP contribution in [0.25, 0.3) is 21.5 Å². The summed E-state index contributed by atoms with van der Waals surface area (Å²) in [5, 5.41) is 4.88. The Morgan fingerprint density at radius 2 is 0.839 bits per heavy atom. The summed E-state index contributed by atoms with van der Waals surface area (Å²) in [5.74, 6) is 1.82. The molecule has 0 bridgehead atoms. The zero-order chi connectivity index (χ0) is 22.6. The summed E-state index contributed by atoms with van der Waals surface area (Å²) < 4.78 is 19.8. The fourth-order valence-electron chi connectivity index (χ4n) is 3.56. The van der Waals surface area contributed by atoms with Gasteiger partial charge >= 0.3 is 0 Å². The molecule has 0 aliphatic carbocycles. The van der Waals surface area contributed by atoms with Crippen molar-refractivity contribution in [3.8, 4) is 11.5 Å². The summed E-state index contributed by atoms with van der Waals surface area (Å²) in [6.45, 7) is 0. The molecule has 0 aliphatic heterocycles. The molecule has 4 nitrogen and oxygen atoms in total. The van der Waals surface area contributed by atoms with E-state index in [-0.39, 0.29) is 0 Å². The van der Waals surface area contributed by atoms with Gasteiger partial charge in [0.15, 0.2) is 0 Å². The van der Waals surface area contributed by atoms with Gasteiger partial charge in [0.1, 0.15) is 11.5 Å². The highest BCUT2D eigenvalue weighted by Crippen LogP contribution is 2.35. The summed E-state index contributed by atoms with van der Waals surface area (Å²) in [4.78, 5) is 0. The molecule has 31 heavy (non-hydrogen) atoms. The van der Waals surface area contributed by atoms with Crippen LogP contribution in [0.2, 0.25) is 0 Å². The fourth-order valence-corrected chi connectivity index (χ4v) is 3.56. The van der Waals surface area contributed by atoms with Crippen LogP contribution >= 0.6 is 0 Å². The number of rotatable bonds is 4. The highest BCUT2D eigenvalue weighted by Gasteiger charge is 2.14. The molecule has 0 aliphatic rings. The molecule has 0 aromatic heterocycles. The minimum Gasteiger partial charge on any atom is -0.496 e. The van der Waals surface area contributed by atoms with Gasteiger partial charge < -0.3 is 18.9 Å². The van der Waals surface area contributed by atoms with Crippen LogP contribution in [0.1, 0.15) is 11.1 Å². The minimum atomic E-state index is 0.759. The largest absolute Gasteiger partial charge is 0.496 e. The molecule has 4 rings (SSSR count). The van der Waals surface area contributed by atoms with E-state index < -0.39 is 0 Å². The zero-order valence-corrected chi connectivity index (χ0v) is 19.3. The molecule has 0 saturated heterocycles. The molecule has 164 valence electrons. The van der Waals surface area contributed by atoms with E-state index in [0.29, 0.717) is 0 Å². The molecule has 4 aromatic carbocycles. The second-order valence-electron chi connectivity index (χ2n) is 6.93. The molecular formula is C27H32O4. The Kier molecular flexibility index (Phi) is 9.82. The first kappa shape index (κ1) is 24.2. The van der Waals surface area contributed by atoms with E-state index in [1.165, 1.54) is 32.7 Å². The van der Waals surface area contributed by atoms with Gasteiger partial charge in [-0.05, 0) is 33.7 Å². The van der Waals surface area contributed by atoms with Gasteiger partial charge in [-0.25, -0.2) is 0 Å². The van der Waals surface area contributed by atoms with Crippen molar-refractivity contribution in [2.45, 2.75) is 6.42 Å². The molecule has 0 atom stereocenters. The van der Waals surface area contributed by atoms with Crippen LogP contribution in [0.5, 0.6) is 11.5 Å². The Morgan fingerprint density at radius 1 is 0.484 bits per heavy atom. The van der Waals surface area contributed by atoms with Gasteiger partial charge in [-0.3, -0.25) is 0 Å². The van der Waals surface area contributed by atoms with Crippen molar-refractivity contribution in [3.05, 3.63) is 83.9 Å². The number of hydrogen-bond donors (Lipinski definition) is 0. The summed E-state index contributed by atoms with van der Waals surface area (Å²) in [5.41, 5.74) is 2.38. The first-order valence-corrected chi connectivity index (χ1v) is 10.0. The summed E-state index contributed by atoms with van der Waals surface area (Å²) >= 11 is 0. The zero-order valence-electron chi connectivity index (χ0n) is 19.3. The maximum atomic E-state index is 5.67. The molecule has 0 unspecified atom stereocenters. The molecule has 0 heterocycles. The Bertz CT molecular complexity index is 1000. The van der Waals surface area contributed by atoms with Crippen LogP contribution in [-0.4, -0.2) is 42.7 Å². The highest BCUT2D eigenvalue weighted by atomic mass is 16.5. The van der Waals surface area contributed by atoms with E-state index in [1.54, 1.807) is 42.7 Å². The Morgan fingerprint density at radius 3 is 1.19 bits per heavy atom. The van der Waals surface area contributed by atoms with Crippen LogP contribution in [-0.2, 0) is 15.9 Å². The van der Waals surface area contributed by atoms with Gasteiger partial charge in [-0.1, -0.05) is 60.7 Å². The lowest BCUT2D eigenvalue weighted by Gasteiger charge is -2.16. The maximum Gasteiger partial charge on any atom is 0.123 e. The molecule has 0 spiro atoms. The van der Waals surface area contributed by atoms with Gasteiger partial charge in [0.25, 0.3) is 0 Å². The lowest BCUT2D eigenvalue weighted by molar-refractivity contribution is 0.277. The number of benzene rings is 4. The van der Waals surface area contributed by atoms with Crippen LogP contribution in [0.15, 0.2) is 72.8 Å². The van der Waals surface area contributed by atoms with Crippen molar-refractivity contribution >= 4 is 21.5 Å². The lowest BCUT2D eigenvalue weighted by Crippen LogP contribution is -1.99. The smallest absolute Gasteiger partial charge is 0.123 e. The highest BCUT2D eigenvalue weighted by molar-refractivity contribution is 5.91. The monoisotopic (exact) mass is 420 g/mol. The topological polar surface area (TPSA) is 36.9 Å². The standard InChI is InChI=1S/C23H20O2.2C2H6O/c1-24-22-13-11-16-7-3-5-9-18(16)20(22)15-21-19-10-6-4-8-17(19)12-14-23(21)25-2;2*1-3-2/h3-14H,15H2,1-2H3;2*1-2H3. The van der Waals surface area contributed by atoms with Crippen LogP contribution in [0.4, 0.5) is 0 Å². The van der Waals surface area contributed by atoms with Crippen molar-refractivity contribution in [1.29, 1.82) is 0 Å². The molecule has 0 amide bonds. The van der Waals surface area contributed by atoms with Gasteiger partial charge in [0.05, 0.1) is 14.2 Å². The summed E-state index contributed by atoms with van der Waals surface area (Å²) in [6.07, 6.45) is 0.759. The minimum absolute atomic E-state index is 0.759. The predicted molar refractivity (Wildman–Crippen MR) is 130 cm³/mol. The molecule has 0 N–H and O–H groups in total.